The fourth-order valence-electron chi connectivity index (χ4n) is 8.26. The number of aryl methyl sites for hydroxylation is 3. The summed E-state index contributed by atoms with van der Waals surface area (Å²) in [5.41, 5.74) is 7.26. The highest BCUT2D eigenvalue weighted by Crippen LogP contribution is 2.41. The Morgan fingerprint density at radius 2 is 1.31 bits per heavy atom. The van der Waals surface area contributed by atoms with Gasteiger partial charge in [-0.25, -0.2) is 18.8 Å². The number of carbonyl (C=O) groups is 3. The van der Waals surface area contributed by atoms with Crippen LogP contribution in [0.15, 0.2) is 85.0 Å². The molecule has 0 atom stereocenters. The zero-order valence-corrected chi connectivity index (χ0v) is 40.7. The average molecular weight is 915 g/mol. The van der Waals surface area contributed by atoms with Crippen LogP contribution in [0.4, 0.5) is 4.39 Å². The van der Waals surface area contributed by atoms with Crippen LogP contribution >= 0.6 is 25.3 Å². The van der Waals surface area contributed by atoms with Gasteiger partial charge in [0.05, 0.1) is 12.0 Å². The Kier molecular flexibility index (Phi) is 21.3. The Balaban J connectivity index is 1.71. The van der Waals surface area contributed by atoms with Gasteiger partial charge in [0, 0.05) is 28.0 Å². The molecule has 1 aliphatic carbocycles. The van der Waals surface area contributed by atoms with Crippen LogP contribution in [0.3, 0.4) is 0 Å². The normalized spacial score (nSPS) is 15.0. The topological polar surface area (TPSA) is 88.1 Å². The van der Waals surface area contributed by atoms with E-state index >= 15 is 4.39 Å². The lowest BCUT2D eigenvalue weighted by atomic mass is 9.77. The van der Waals surface area contributed by atoms with Gasteiger partial charge in [0.15, 0.2) is 0 Å². The molecular weight excluding hydrogens is 844 g/mol. The number of halogens is 1. The van der Waals surface area contributed by atoms with Crippen molar-refractivity contribution in [3.05, 3.63) is 113 Å². The molecule has 348 valence electrons. The van der Waals surface area contributed by atoms with Crippen molar-refractivity contribution in [2.75, 3.05) is 37.9 Å². The maximum absolute atomic E-state index is 16.2. The largest absolute Gasteiger partial charge is 0.492 e. The molecule has 0 unspecified atom stereocenters. The Labute approximate surface area is 393 Å². The standard InChI is InChI=1S/C54H71FO7S2/c1-9-11-12-15-39-18-20-41(21-19-39)42-22-25-47(49(55)30-42)46-24-23-44(28-40(46)10-2)48-29-45(17-14-27-63)50(31-43(48)16-13-26-59-51(56)36(3)4)60-32-54(35-64,33-61-52(57)37(5)6)34-62-53(58)38(7)8/h22-25,28-31,39,41,63-64H,3,5,7,9-21,26-27,32-35H2,1-2,4,6,8H3. The minimum atomic E-state index is -1.01. The summed E-state index contributed by atoms with van der Waals surface area (Å²) >= 11 is 9.15. The van der Waals surface area contributed by atoms with Crippen LogP contribution < -0.4 is 4.74 Å². The van der Waals surface area contributed by atoms with E-state index in [1.165, 1.54) is 38.5 Å². The van der Waals surface area contributed by atoms with E-state index in [2.05, 4.69) is 83.1 Å². The third-order valence-corrected chi connectivity index (χ3v) is 13.2. The molecule has 0 N–H and O–H groups in total. The summed E-state index contributed by atoms with van der Waals surface area (Å²) in [4.78, 5) is 37.3. The van der Waals surface area contributed by atoms with Crippen molar-refractivity contribution >= 4 is 43.2 Å². The van der Waals surface area contributed by atoms with E-state index in [9.17, 15) is 14.4 Å². The van der Waals surface area contributed by atoms with E-state index in [1.807, 2.05) is 18.2 Å². The predicted molar refractivity (Wildman–Crippen MR) is 265 cm³/mol. The van der Waals surface area contributed by atoms with Gasteiger partial charge in [0.25, 0.3) is 0 Å². The van der Waals surface area contributed by atoms with Gasteiger partial charge in [-0.15, -0.1) is 0 Å². The first kappa shape index (κ1) is 52.3. The Morgan fingerprint density at radius 1 is 0.688 bits per heavy atom. The summed E-state index contributed by atoms with van der Waals surface area (Å²) < 4.78 is 39.5. The molecule has 1 saturated carbocycles. The summed E-state index contributed by atoms with van der Waals surface area (Å²) in [7, 11) is 0. The molecule has 0 radical (unpaired) electrons. The molecule has 64 heavy (non-hydrogen) atoms. The smallest absolute Gasteiger partial charge is 0.333 e. The number of thiol groups is 2. The Morgan fingerprint density at radius 3 is 1.89 bits per heavy atom. The number of rotatable bonds is 26. The maximum Gasteiger partial charge on any atom is 0.333 e. The van der Waals surface area contributed by atoms with Crippen LogP contribution in [-0.4, -0.2) is 55.8 Å². The third kappa shape index (κ3) is 15.1. The minimum Gasteiger partial charge on any atom is -0.492 e. The van der Waals surface area contributed by atoms with Gasteiger partial charge >= 0.3 is 17.9 Å². The van der Waals surface area contributed by atoms with Crippen LogP contribution in [0.25, 0.3) is 22.3 Å². The molecule has 7 nitrogen and oxygen atoms in total. The Hall–Kier alpha value is -4.28. The van der Waals surface area contributed by atoms with Crippen molar-refractivity contribution in [1.29, 1.82) is 0 Å². The molecule has 1 aliphatic rings. The number of benzene rings is 3. The number of unbranched alkanes of at least 4 members (excludes halogenated alkanes) is 2. The van der Waals surface area contributed by atoms with E-state index in [0.717, 1.165) is 64.1 Å². The van der Waals surface area contributed by atoms with Crippen molar-refractivity contribution in [2.45, 2.75) is 124 Å². The average Bonchev–Trinajstić information content (AvgIpc) is 3.29. The molecule has 3 aromatic carbocycles. The van der Waals surface area contributed by atoms with Gasteiger partial charge in [0.1, 0.15) is 31.4 Å². The molecule has 0 aliphatic heterocycles. The monoisotopic (exact) mass is 914 g/mol. The molecule has 10 heteroatoms. The fourth-order valence-corrected chi connectivity index (χ4v) is 8.69. The van der Waals surface area contributed by atoms with Crippen LogP contribution in [0, 0.1) is 17.2 Å². The molecule has 0 saturated heterocycles. The van der Waals surface area contributed by atoms with Crippen LogP contribution in [-0.2, 0) is 47.9 Å². The van der Waals surface area contributed by atoms with Crippen molar-refractivity contribution in [3.63, 3.8) is 0 Å². The van der Waals surface area contributed by atoms with E-state index in [4.69, 9.17) is 18.9 Å². The summed E-state index contributed by atoms with van der Waals surface area (Å²) in [6, 6.07) is 16.3. The lowest BCUT2D eigenvalue weighted by Crippen LogP contribution is -2.41. The highest BCUT2D eigenvalue weighted by atomic mass is 32.1. The van der Waals surface area contributed by atoms with Crippen LogP contribution in [0.2, 0.25) is 0 Å². The van der Waals surface area contributed by atoms with Gasteiger partial charge in [-0.1, -0.05) is 89.6 Å². The SMILES string of the molecule is C=C(C)C(=O)OCCCc1cc(OCC(CS)(COC(=O)C(=C)C)COC(=O)C(=C)C)c(CCCS)cc1-c1ccc(-c2ccc(C3CCC(CCCCC)CC3)cc2F)c(CC)c1. The molecule has 0 heterocycles. The van der Waals surface area contributed by atoms with E-state index in [1.54, 1.807) is 26.8 Å². The number of hydrogen-bond donors (Lipinski definition) is 2. The van der Waals surface area contributed by atoms with E-state index in [-0.39, 0.29) is 49.1 Å². The third-order valence-electron chi connectivity index (χ3n) is 12.3. The first-order valence-electron chi connectivity index (χ1n) is 23.1. The molecule has 0 amide bonds. The lowest BCUT2D eigenvalue weighted by Gasteiger charge is -2.31. The minimum absolute atomic E-state index is 0.00563. The lowest BCUT2D eigenvalue weighted by molar-refractivity contribution is -0.149. The van der Waals surface area contributed by atoms with Crippen LogP contribution in [0.5, 0.6) is 5.75 Å². The molecule has 0 aromatic heterocycles. The van der Waals surface area contributed by atoms with Gasteiger partial charge in [-0.3, -0.25) is 0 Å². The zero-order chi connectivity index (χ0) is 46.8. The first-order chi connectivity index (χ1) is 30.6. The summed E-state index contributed by atoms with van der Waals surface area (Å²) in [5, 5.41) is 0. The van der Waals surface area contributed by atoms with Crippen molar-refractivity contribution in [2.24, 2.45) is 11.3 Å². The van der Waals surface area contributed by atoms with E-state index in [0.29, 0.717) is 54.2 Å². The number of hydrogen-bond acceptors (Lipinski definition) is 9. The summed E-state index contributed by atoms with van der Waals surface area (Å²) in [6.45, 7) is 20.1. The number of ether oxygens (including phenoxy) is 4. The van der Waals surface area contributed by atoms with E-state index < -0.39 is 23.3 Å². The van der Waals surface area contributed by atoms with Crippen molar-refractivity contribution < 1.29 is 37.7 Å². The molecular formula is C54H71FO7S2. The molecule has 3 aromatic rings. The molecule has 0 bridgehead atoms. The maximum atomic E-state index is 16.2. The number of carbonyl (C=O) groups excluding carboxylic acids is 3. The van der Waals surface area contributed by atoms with Gasteiger partial charge in [-0.05, 0) is 153 Å². The quantitative estimate of drug-likeness (QED) is 0.0273. The zero-order valence-electron chi connectivity index (χ0n) is 39.0. The van der Waals surface area contributed by atoms with Gasteiger partial charge in [0.2, 0.25) is 0 Å². The second kappa shape index (κ2) is 26.0. The fraction of sp³-hybridized carbons (Fsp3) is 0.500. The van der Waals surface area contributed by atoms with Gasteiger partial charge in [-0.2, -0.15) is 25.3 Å². The van der Waals surface area contributed by atoms with Crippen molar-refractivity contribution in [1.82, 2.24) is 0 Å². The molecule has 0 spiro atoms. The summed E-state index contributed by atoms with van der Waals surface area (Å²) in [6.07, 6.45) is 13.1. The van der Waals surface area contributed by atoms with Crippen molar-refractivity contribution in [3.8, 4) is 28.0 Å². The second-order valence-electron chi connectivity index (χ2n) is 17.8. The summed E-state index contributed by atoms with van der Waals surface area (Å²) in [5.74, 6) is 0.850. The van der Waals surface area contributed by atoms with Gasteiger partial charge < -0.3 is 18.9 Å². The first-order valence-corrected chi connectivity index (χ1v) is 24.3. The Bertz CT molecular complexity index is 2070. The molecule has 4 rings (SSSR count). The predicted octanol–water partition coefficient (Wildman–Crippen LogP) is 13.0. The second-order valence-corrected chi connectivity index (χ2v) is 18.6. The highest BCUT2D eigenvalue weighted by Gasteiger charge is 2.35. The van der Waals surface area contributed by atoms with Crippen LogP contribution in [0.1, 0.15) is 127 Å². The highest BCUT2D eigenvalue weighted by molar-refractivity contribution is 7.80. The molecule has 1 fully saturated rings. The number of esters is 3.